The van der Waals surface area contributed by atoms with E-state index in [0.29, 0.717) is 43.6 Å². The van der Waals surface area contributed by atoms with Crippen LogP contribution < -0.4 is 9.62 Å². The third kappa shape index (κ3) is 6.24. The van der Waals surface area contributed by atoms with Gasteiger partial charge in [-0.3, -0.25) is 9.62 Å². The minimum Gasteiger partial charge on any atom is -0.370 e. The fourth-order valence-corrected chi connectivity index (χ4v) is 5.82. The summed E-state index contributed by atoms with van der Waals surface area (Å²) in [4.78, 5) is 11.4. The smallest absolute Gasteiger partial charge is 0.370 e. The van der Waals surface area contributed by atoms with E-state index in [-0.39, 0.29) is 17.5 Å². The molecule has 188 valence electrons. The average Bonchev–Trinajstić information content (AvgIpc) is 3.30. The first kappa shape index (κ1) is 25.7. The number of piperidine rings is 1. The van der Waals surface area contributed by atoms with Crippen LogP contribution in [0.2, 0.25) is 5.02 Å². The number of rotatable bonds is 7. The van der Waals surface area contributed by atoms with Crippen molar-refractivity contribution in [1.82, 2.24) is 14.9 Å². The molecular weight excluding hydrogens is 523 g/mol. The summed E-state index contributed by atoms with van der Waals surface area (Å²) in [6.45, 7) is 2.13. The molecule has 35 heavy (non-hydrogen) atoms. The average molecular weight is 546 g/mol. The Hall–Kier alpha value is -2.41. The van der Waals surface area contributed by atoms with Crippen molar-refractivity contribution in [3.8, 4) is 0 Å². The van der Waals surface area contributed by atoms with E-state index in [4.69, 9.17) is 11.6 Å². The van der Waals surface area contributed by atoms with Crippen molar-refractivity contribution < 1.29 is 21.6 Å². The number of hydrogen-bond donors (Lipinski definition) is 1. The molecule has 3 aromatic rings. The van der Waals surface area contributed by atoms with Crippen molar-refractivity contribution in [2.75, 3.05) is 29.8 Å². The maximum absolute atomic E-state index is 14.0. The number of alkyl halides is 3. The second-order valence-corrected chi connectivity index (χ2v) is 11.0. The summed E-state index contributed by atoms with van der Waals surface area (Å²) < 4.78 is 69.2. The zero-order valence-corrected chi connectivity index (χ0v) is 21.1. The molecule has 1 fully saturated rings. The SMILES string of the molecule is CN(c1cnc(S(=O)(=O)Nc2cscn2)cc1C(F)(F)F)C1CCN(Cc2cccc(Cl)c2)CC1. The molecule has 1 aliphatic rings. The molecule has 0 spiro atoms. The normalized spacial score (nSPS) is 15.8. The van der Waals surface area contributed by atoms with Gasteiger partial charge in [0.15, 0.2) is 10.8 Å². The third-order valence-electron chi connectivity index (χ3n) is 5.89. The molecule has 3 heterocycles. The topological polar surface area (TPSA) is 78.4 Å². The molecule has 0 saturated carbocycles. The number of nitrogens with zero attached hydrogens (tertiary/aromatic N) is 4. The van der Waals surface area contributed by atoms with Gasteiger partial charge in [-0.1, -0.05) is 23.7 Å². The van der Waals surface area contributed by atoms with Crippen LogP contribution in [0.5, 0.6) is 0 Å². The Morgan fingerprint density at radius 3 is 2.60 bits per heavy atom. The number of sulfonamides is 1. The minimum atomic E-state index is -4.76. The third-order valence-corrected chi connectivity index (χ3v) is 7.96. The number of aromatic nitrogens is 2. The van der Waals surface area contributed by atoms with E-state index in [9.17, 15) is 21.6 Å². The van der Waals surface area contributed by atoms with Crippen molar-refractivity contribution in [1.29, 1.82) is 0 Å². The van der Waals surface area contributed by atoms with Crippen molar-refractivity contribution >= 4 is 44.5 Å². The fourth-order valence-electron chi connectivity index (χ4n) is 4.09. The molecule has 7 nitrogen and oxygen atoms in total. The van der Waals surface area contributed by atoms with E-state index in [1.807, 2.05) is 24.3 Å². The summed E-state index contributed by atoms with van der Waals surface area (Å²) >= 11 is 7.21. The number of nitrogens with one attached hydrogen (secondary N) is 1. The lowest BCUT2D eigenvalue weighted by Gasteiger charge is -2.38. The summed E-state index contributed by atoms with van der Waals surface area (Å²) in [6.07, 6.45) is -2.47. The first-order valence-electron chi connectivity index (χ1n) is 10.7. The Morgan fingerprint density at radius 1 is 1.23 bits per heavy atom. The van der Waals surface area contributed by atoms with Crippen LogP contribution in [0.25, 0.3) is 0 Å². The number of halogens is 4. The summed E-state index contributed by atoms with van der Waals surface area (Å²) in [5.41, 5.74) is 1.29. The number of likely N-dealkylation sites (tertiary alicyclic amines) is 1. The molecule has 1 aromatic carbocycles. The van der Waals surface area contributed by atoms with Crippen LogP contribution in [0.1, 0.15) is 24.0 Å². The maximum Gasteiger partial charge on any atom is 0.418 e. The van der Waals surface area contributed by atoms with Crippen molar-refractivity contribution in [2.45, 2.75) is 36.6 Å². The minimum absolute atomic E-state index is 0.0242. The molecule has 1 aliphatic heterocycles. The summed E-state index contributed by atoms with van der Waals surface area (Å²) in [7, 11) is -2.74. The standard InChI is InChI=1S/C22H23ClF3N5O2S2/c1-30(17-5-7-31(8-6-17)12-15-3-2-4-16(23)9-15)19-11-27-21(10-18(19)22(24,25)26)35(32,33)29-20-13-34-14-28-20/h2-4,9-11,13-14,17,29H,5-8,12H2,1H3. The molecule has 1 N–H and O–H groups in total. The lowest BCUT2D eigenvalue weighted by atomic mass is 10.0. The quantitative estimate of drug-likeness (QED) is 0.444. The van der Waals surface area contributed by atoms with Crippen LogP contribution in [0.4, 0.5) is 24.7 Å². The van der Waals surface area contributed by atoms with Gasteiger partial charge in [-0.25, -0.2) is 9.97 Å². The predicted octanol–water partition coefficient (Wildman–Crippen LogP) is 5.11. The number of hydrogen-bond acceptors (Lipinski definition) is 7. The molecule has 0 unspecified atom stereocenters. The highest BCUT2D eigenvalue weighted by atomic mass is 35.5. The van der Waals surface area contributed by atoms with Gasteiger partial charge in [0.1, 0.15) is 0 Å². The van der Waals surface area contributed by atoms with Gasteiger partial charge < -0.3 is 4.90 Å². The van der Waals surface area contributed by atoms with E-state index in [0.717, 1.165) is 23.1 Å². The monoisotopic (exact) mass is 545 g/mol. The Labute approximate surface area is 210 Å². The van der Waals surface area contributed by atoms with E-state index in [2.05, 4.69) is 19.6 Å². The van der Waals surface area contributed by atoms with Gasteiger partial charge in [-0.05, 0) is 36.6 Å². The molecule has 0 atom stereocenters. The van der Waals surface area contributed by atoms with Gasteiger partial charge in [0.2, 0.25) is 0 Å². The second-order valence-electron chi connectivity index (χ2n) is 8.26. The molecular formula is C22H23ClF3N5O2S2. The van der Waals surface area contributed by atoms with Crippen LogP contribution >= 0.6 is 22.9 Å². The van der Waals surface area contributed by atoms with Crippen LogP contribution in [0, 0.1) is 0 Å². The lowest BCUT2D eigenvalue weighted by Crippen LogP contribution is -2.43. The lowest BCUT2D eigenvalue weighted by molar-refractivity contribution is -0.137. The first-order chi connectivity index (χ1) is 16.5. The van der Waals surface area contributed by atoms with E-state index in [1.54, 1.807) is 11.9 Å². The second kappa shape index (κ2) is 10.3. The van der Waals surface area contributed by atoms with Crippen LogP contribution in [-0.2, 0) is 22.7 Å². The fraction of sp³-hybridized carbons (Fsp3) is 0.364. The van der Waals surface area contributed by atoms with E-state index >= 15 is 0 Å². The zero-order valence-electron chi connectivity index (χ0n) is 18.7. The number of thiazole rings is 1. The Balaban J connectivity index is 1.50. The van der Waals surface area contributed by atoms with Gasteiger partial charge >= 0.3 is 6.18 Å². The van der Waals surface area contributed by atoms with E-state index in [1.165, 1.54) is 10.9 Å². The van der Waals surface area contributed by atoms with E-state index < -0.39 is 26.8 Å². The van der Waals surface area contributed by atoms with Crippen molar-refractivity contribution in [3.05, 3.63) is 63.6 Å². The predicted molar refractivity (Wildman–Crippen MR) is 130 cm³/mol. The zero-order chi connectivity index (χ0) is 25.2. The summed E-state index contributed by atoms with van der Waals surface area (Å²) in [5, 5.41) is 1.38. The number of pyridine rings is 1. The molecule has 13 heteroatoms. The molecule has 4 rings (SSSR count). The van der Waals surface area contributed by atoms with Crippen LogP contribution in [0.15, 0.2) is 52.4 Å². The maximum atomic E-state index is 14.0. The van der Waals surface area contributed by atoms with Gasteiger partial charge in [0, 0.05) is 43.1 Å². The summed E-state index contributed by atoms with van der Waals surface area (Å²) in [5.74, 6) is 0.0242. The van der Waals surface area contributed by atoms with Gasteiger partial charge in [-0.15, -0.1) is 11.3 Å². The number of anilines is 2. The first-order valence-corrected chi connectivity index (χ1v) is 13.5. The molecule has 2 aromatic heterocycles. The Morgan fingerprint density at radius 2 is 1.97 bits per heavy atom. The number of benzene rings is 1. The molecule has 1 saturated heterocycles. The highest BCUT2D eigenvalue weighted by Crippen LogP contribution is 2.38. The molecule has 0 radical (unpaired) electrons. The van der Waals surface area contributed by atoms with Crippen LogP contribution in [0.3, 0.4) is 0 Å². The molecule has 0 bridgehead atoms. The summed E-state index contributed by atoms with van der Waals surface area (Å²) in [6, 6.07) is 8.02. The Bertz CT molecular complexity index is 1260. The van der Waals surface area contributed by atoms with Gasteiger partial charge in [0.25, 0.3) is 10.0 Å². The van der Waals surface area contributed by atoms with Gasteiger partial charge in [0.05, 0.1) is 23.0 Å². The Kier molecular flexibility index (Phi) is 7.55. The highest BCUT2D eigenvalue weighted by molar-refractivity contribution is 7.92. The van der Waals surface area contributed by atoms with Crippen LogP contribution in [-0.4, -0.2) is 49.5 Å². The van der Waals surface area contributed by atoms with Crippen molar-refractivity contribution in [2.24, 2.45) is 0 Å². The van der Waals surface area contributed by atoms with Crippen molar-refractivity contribution in [3.63, 3.8) is 0 Å². The molecule has 0 amide bonds. The molecule has 0 aliphatic carbocycles. The highest BCUT2D eigenvalue weighted by Gasteiger charge is 2.38. The largest absolute Gasteiger partial charge is 0.418 e. The van der Waals surface area contributed by atoms with Gasteiger partial charge in [-0.2, -0.15) is 21.6 Å².